The van der Waals surface area contributed by atoms with Gasteiger partial charge in [0.25, 0.3) is 0 Å². The minimum Gasteiger partial charge on any atom is -0.466 e. The lowest BCUT2D eigenvalue weighted by atomic mass is 10.2. The van der Waals surface area contributed by atoms with Crippen molar-refractivity contribution in [3.8, 4) is 0 Å². The number of likely N-dealkylation sites (N-methyl/N-ethyl adjacent to an activating group) is 1. The van der Waals surface area contributed by atoms with E-state index >= 15 is 0 Å². The molecule has 0 saturated heterocycles. The number of hydrogen-bond donors (Lipinski definition) is 1. The highest BCUT2D eigenvalue weighted by molar-refractivity contribution is 5.88. The van der Waals surface area contributed by atoms with Crippen LogP contribution in [0.5, 0.6) is 0 Å². The van der Waals surface area contributed by atoms with Gasteiger partial charge in [0.05, 0.1) is 18.1 Å². The van der Waals surface area contributed by atoms with Crippen molar-refractivity contribution in [2.75, 3.05) is 20.2 Å². The second-order valence-corrected chi connectivity index (χ2v) is 6.09. The van der Waals surface area contributed by atoms with Gasteiger partial charge in [-0.25, -0.2) is 9.78 Å². The number of hydrogen-bond acceptors (Lipinski definition) is 4. The van der Waals surface area contributed by atoms with E-state index in [2.05, 4.69) is 34.5 Å². The lowest BCUT2D eigenvalue weighted by molar-refractivity contribution is -0.134. The van der Waals surface area contributed by atoms with Gasteiger partial charge in [0.15, 0.2) is 0 Å². The van der Waals surface area contributed by atoms with Crippen molar-refractivity contribution in [2.24, 2.45) is 0 Å². The number of nitrogens with zero attached hydrogens (tertiary/aromatic N) is 2. The number of rotatable bonds is 10. The van der Waals surface area contributed by atoms with Crippen molar-refractivity contribution in [1.29, 1.82) is 0 Å². The highest BCUT2D eigenvalue weighted by Crippen LogP contribution is 2.20. The quantitative estimate of drug-likeness (QED) is 0.407. The van der Waals surface area contributed by atoms with Crippen molar-refractivity contribution in [3.63, 3.8) is 0 Å². The molecule has 1 heterocycles. The first-order valence-corrected chi connectivity index (χ1v) is 9.15. The summed E-state index contributed by atoms with van der Waals surface area (Å²) >= 11 is 0. The average Bonchev–Trinajstić information content (AvgIpc) is 2.97. The Labute approximate surface area is 150 Å². The summed E-state index contributed by atoms with van der Waals surface area (Å²) in [6.45, 7) is 7.16. The molecule has 0 unspecified atom stereocenters. The third-order valence-corrected chi connectivity index (χ3v) is 4.23. The summed E-state index contributed by atoms with van der Waals surface area (Å²) in [7, 11) is 1.38. The predicted molar refractivity (Wildman–Crippen MR) is 103 cm³/mol. The van der Waals surface area contributed by atoms with Gasteiger partial charge in [-0.05, 0) is 36.7 Å². The first kappa shape index (κ1) is 19.2. The summed E-state index contributed by atoms with van der Waals surface area (Å²) in [5.41, 5.74) is 3.09. The molecule has 0 bridgehead atoms. The third-order valence-electron chi connectivity index (χ3n) is 4.23. The van der Waals surface area contributed by atoms with E-state index in [-0.39, 0.29) is 5.97 Å². The normalized spacial score (nSPS) is 11.5. The van der Waals surface area contributed by atoms with E-state index in [0.29, 0.717) is 0 Å². The molecule has 136 valence electrons. The van der Waals surface area contributed by atoms with E-state index in [4.69, 9.17) is 4.98 Å². The third kappa shape index (κ3) is 5.43. The largest absolute Gasteiger partial charge is 0.466 e. The van der Waals surface area contributed by atoms with Crippen LogP contribution >= 0.6 is 0 Å². The van der Waals surface area contributed by atoms with Crippen LogP contribution in [0.1, 0.15) is 44.5 Å². The van der Waals surface area contributed by atoms with Crippen molar-refractivity contribution in [1.82, 2.24) is 14.9 Å². The Morgan fingerprint density at radius 3 is 2.88 bits per heavy atom. The molecular weight excluding hydrogens is 314 g/mol. The maximum Gasteiger partial charge on any atom is 0.330 e. The van der Waals surface area contributed by atoms with Gasteiger partial charge in [-0.1, -0.05) is 32.8 Å². The van der Waals surface area contributed by atoms with Gasteiger partial charge >= 0.3 is 5.97 Å². The number of carbonyl (C=O) groups is 1. The fraction of sp³-hybridized carbons (Fsp3) is 0.500. The zero-order valence-corrected chi connectivity index (χ0v) is 15.5. The molecule has 0 amide bonds. The molecule has 1 aromatic heterocycles. The van der Waals surface area contributed by atoms with Crippen LogP contribution in [0.3, 0.4) is 0 Å². The van der Waals surface area contributed by atoms with E-state index in [1.165, 1.54) is 26.0 Å². The lowest BCUT2D eigenvalue weighted by Crippen LogP contribution is -2.20. The highest BCUT2D eigenvalue weighted by atomic mass is 16.5. The van der Waals surface area contributed by atoms with Gasteiger partial charge in [0, 0.05) is 25.6 Å². The smallest absolute Gasteiger partial charge is 0.330 e. The lowest BCUT2D eigenvalue weighted by Gasteiger charge is -2.09. The number of imidazole rings is 1. The summed E-state index contributed by atoms with van der Waals surface area (Å²) in [5.74, 6) is 0.798. The number of carbonyl (C=O) groups excluding carboxylic acids is 1. The number of fused-ring (bicyclic) bond motifs is 1. The molecule has 0 aliphatic rings. The molecule has 25 heavy (non-hydrogen) atoms. The summed E-state index contributed by atoms with van der Waals surface area (Å²) in [6, 6.07) is 6.14. The van der Waals surface area contributed by atoms with E-state index < -0.39 is 0 Å². The Bertz CT molecular complexity index is 719. The van der Waals surface area contributed by atoms with Gasteiger partial charge in [0.1, 0.15) is 5.82 Å². The molecule has 5 nitrogen and oxygen atoms in total. The van der Waals surface area contributed by atoms with Gasteiger partial charge in [0.2, 0.25) is 0 Å². The molecule has 2 aromatic rings. The van der Waals surface area contributed by atoms with Crippen LogP contribution in [0, 0.1) is 0 Å². The van der Waals surface area contributed by atoms with Crippen LogP contribution in [0.25, 0.3) is 17.1 Å². The Morgan fingerprint density at radius 2 is 2.16 bits per heavy atom. The maximum absolute atomic E-state index is 11.3. The number of esters is 1. The Balaban J connectivity index is 2.28. The Morgan fingerprint density at radius 1 is 1.32 bits per heavy atom. The minimum absolute atomic E-state index is 0.350. The molecule has 1 N–H and O–H groups in total. The number of aryl methyl sites for hydroxylation is 1. The van der Waals surface area contributed by atoms with E-state index in [1.807, 2.05) is 12.1 Å². The fourth-order valence-corrected chi connectivity index (χ4v) is 2.87. The van der Waals surface area contributed by atoms with Crippen molar-refractivity contribution in [2.45, 2.75) is 46.1 Å². The van der Waals surface area contributed by atoms with Gasteiger partial charge < -0.3 is 14.6 Å². The molecule has 0 radical (unpaired) electrons. The number of unbranched alkanes of at least 4 members (excludes halogenated alkanes) is 2. The summed E-state index contributed by atoms with van der Waals surface area (Å²) in [6.07, 6.45) is 7.80. The maximum atomic E-state index is 11.3. The standard InChI is InChI=1S/C20H29N3O2/c1-4-6-7-8-19-22-17-15-16(10-12-20(24)25-3)9-11-18(17)23(19)14-13-21-5-2/h9-12,15,21H,4-8,13-14H2,1-3H3/b12-10+. The average molecular weight is 343 g/mol. The summed E-state index contributed by atoms with van der Waals surface area (Å²) < 4.78 is 6.96. The number of ether oxygens (including phenoxy) is 1. The fourth-order valence-electron chi connectivity index (χ4n) is 2.87. The van der Waals surface area contributed by atoms with E-state index in [1.54, 1.807) is 6.08 Å². The molecule has 1 aromatic carbocycles. The van der Waals surface area contributed by atoms with E-state index in [0.717, 1.165) is 54.9 Å². The second-order valence-electron chi connectivity index (χ2n) is 6.09. The predicted octanol–water partition coefficient (Wildman–Crippen LogP) is 3.56. The van der Waals surface area contributed by atoms with E-state index in [9.17, 15) is 4.79 Å². The Kier molecular flexibility index (Phi) is 7.67. The van der Waals surface area contributed by atoms with Crippen LogP contribution in [0.2, 0.25) is 0 Å². The minimum atomic E-state index is -0.350. The van der Waals surface area contributed by atoms with Crippen molar-refractivity contribution < 1.29 is 9.53 Å². The molecule has 0 saturated carbocycles. The molecule has 0 aliphatic carbocycles. The SMILES string of the molecule is CCCCCc1nc2cc(/C=C/C(=O)OC)ccc2n1CCNCC. The zero-order chi connectivity index (χ0) is 18.1. The molecule has 2 rings (SSSR count). The molecule has 0 spiro atoms. The number of methoxy groups -OCH3 is 1. The second kappa shape index (κ2) is 9.99. The van der Waals surface area contributed by atoms with Crippen LogP contribution < -0.4 is 5.32 Å². The number of aromatic nitrogens is 2. The molecule has 5 heteroatoms. The van der Waals surface area contributed by atoms with Gasteiger partial charge in [-0.2, -0.15) is 0 Å². The number of benzene rings is 1. The molecular formula is C20H29N3O2. The topological polar surface area (TPSA) is 56.1 Å². The van der Waals surface area contributed by atoms with Crippen LogP contribution in [0.15, 0.2) is 24.3 Å². The first-order chi connectivity index (χ1) is 12.2. The van der Waals surface area contributed by atoms with Crippen LogP contribution in [0.4, 0.5) is 0 Å². The molecule has 0 fully saturated rings. The van der Waals surface area contributed by atoms with Crippen molar-refractivity contribution >= 4 is 23.1 Å². The summed E-state index contributed by atoms with van der Waals surface area (Å²) in [4.78, 5) is 16.1. The monoisotopic (exact) mass is 343 g/mol. The summed E-state index contributed by atoms with van der Waals surface area (Å²) in [5, 5.41) is 3.39. The van der Waals surface area contributed by atoms with Gasteiger partial charge in [-0.15, -0.1) is 0 Å². The first-order valence-electron chi connectivity index (χ1n) is 9.15. The van der Waals surface area contributed by atoms with Crippen LogP contribution in [-0.2, 0) is 22.5 Å². The molecule has 0 atom stereocenters. The molecule has 0 aliphatic heterocycles. The van der Waals surface area contributed by atoms with Gasteiger partial charge in [-0.3, -0.25) is 0 Å². The zero-order valence-electron chi connectivity index (χ0n) is 15.5. The highest BCUT2D eigenvalue weighted by Gasteiger charge is 2.10. The Hall–Kier alpha value is -2.14. The van der Waals surface area contributed by atoms with Crippen molar-refractivity contribution in [3.05, 3.63) is 35.7 Å². The van der Waals surface area contributed by atoms with Crippen LogP contribution in [-0.4, -0.2) is 35.7 Å². The number of nitrogens with one attached hydrogen (secondary N) is 1.